The van der Waals surface area contributed by atoms with Gasteiger partial charge in [0.05, 0.1) is 0 Å². The van der Waals surface area contributed by atoms with Crippen molar-refractivity contribution >= 4 is 10.9 Å². The van der Waals surface area contributed by atoms with Gasteiger partial charge in [0.2, 0.25) is 0 Å². The lowest BCUT2D eigenvalue weighted by Gasteiger charge is -2.08. The van der Waals surface area contributed by atoms with Crippen molar-refractivity contribution in [3.8, 4) is 11.3 Å². The smallest absolute Gasteiger partial charge is 0.0480 e. The van der Waals surface area contributed by atoms with Crippen molar-refractivity contribution in [1.82, 2.24) is 9.97 Å². The fraction of sp³-hybridized carbons (Fsp3) is 0.235. The van der Waals surface area contributed by atoms with E-state index in [0.29, 0.717) is 5.92 Å². The van der Waals surface area contributed by atoms with Crippen LogP contribution in [0.3, 0.4) is 0 Å². The molecule has 1 unspecified atom stereocenters. The van der Waals surface area contributed by atoms with Crippen molar-refractivity contribution in [3.05, 3.63) is 54.4 Å². The normalized spacial score (nSPS) is 12.7. The lowest BCUT2D eigenvalue weighted by molar-refractivity contribution is 0.735. The highest BCUT2D eigenvalue weighted by molar-refractivity contribution is 5.86. The zero-order valence-corrected chi connectivity index (χ0v) is 11.4. The van der Waals surface area contributed by atoms with Crippen LogP contribution in [0.4, 0.5) is 0 Å². The first-order valence-corrected chi connectivity index (χ1v) is 6.81. The van der Waals surface area contributed by atoms with Crippen LogP contribution < -0.4 is 0 Å². The Bertz CT molecular complexity index is 683. The molecule has 0 saturated carbocycles. The van der Waals surface area contributed by atoms with E-state index >= 15 is 0 Å². The topological polar surface area (TPSA) is 28.7 Å². The van der Waals surface area contributed by atoms with Crippen LogP contribution in [0.25, 0.3) is 22.2 Å². The van der Waals surface area contributed by atoms with Crippen LogP contribution in [-0.4, -0.2) is 9.97 Å². The first-order valence-electron chi connectivity index (χ1n) is 6.81. The number of aromatic nitrogens is 2. The Morgan fingerprint density at radius 1 is 1.21 bits per heavy atom. The summed E-state index contributed by atoms with van der Waals surface area (Å²) >= 11 is 0. The van der Waals surface area contributed by atoms with Gasteiger partial charge in [-0.2, -0.15) is 0 Å². The first kappa shape index (κ1) is 12.0. The molecule has 0 aliphatic carbocycles. The summed E-state index contributed by atoms with van der Waals surface area (Å²) in [5.74, 6) is 0.612. The van der Waals surface area contributed by atoms with Crippen molar-refractivity contribution in [3.63, 3.8) is 0 Å². The van der Waals surface area contributed by atoms with Crippen LogP contribution in [0, 0.1) is 0 Å². The third-order valence-corrected chi connectivity index (χ3v) is 3.80. The maximum Gasteiger partial charge on any atom is 0.0480 e. The molecule has 1 aromatic carbocycles. The molecule has 2 heteroatoms. The third kappa shape index (κ3) is 2.26. The number of H-pyrrole nitrogens is 1. The summed E-state index contributed by atoms with van der Waals surface area (Å²) in [6.45, 7) is 4.50. The number of hydrogen-bond donors (Lipinski definition) is 1. The van der Waals surface area contributed by atoms with Gasteiger partial charge in [-0.1, -0.05) is 19.9 Å². The van der Waals surface area contributed by atoms with E-state index in [2.05, 4.69) is 54.1 Å². The van der Waals surface area contributed by atoms with E-state index in [4.69, 9.17) is 0 Å². The standard InChI is InChI=1S/C17H18N2/c1-3-12(2)13-6-7-16-15(9-13)10-17(19-16)14-5-4-8-18-11-14/h4-12,19H,3H2,1-2H3. The SMILES string of the molecule is CCC(C)c1ccc2[nH]c(-c3cccnc3)cc2c1. The van der Waals surface area contributed by atoms with Gasteiger partial charge in [-0.15, -0.1) is 0 Å². The van der Waals surface area contributed by atoms with Crippen molar-refractivity contribution in [2.24, 2.45) is 0 Å². The largest absolute Gasteiger partial charge is 0.354 e. The van der Waals surface area contributed by atoms with Gasteiger partial charge in [0, 0.05) is 34.6 Å². The number of fused-ring (bicyclic) bond motifs is 1. The summed E-state index contributed by atoms with van der Waals surface area (Å²) in [5.41, 5.74) is 4.85. The molecule has 3 aromatic rings. The minimum Gasteiger partial charge on any atom is -0.354 e. The molecule has 0 radical (unpaired) electrons. The Kier molecular flexibility index (Phi) is 3.08. The number of hydrogen-bond acceptors (Lipinski definition) is 1. The fourth-order valence-electron chi connectivity index (χ4n) is 2.37. The van der Waals surface area contributed by atoms with Crippen LogP contribution in [0.15, 0.2) is 48.8 Å². The van der Waals surface area contributed by atoms with Crippen LogP contribution in [0.1, 0.15) is 31.7 Å². The summed E-state index contributed by atoms with van der Waals surface area (Å²) in [5, 5.41) is 1.27. The van der Waals surface area contributed by atoms with Gasteiger partial charge in [-0.05, 0) is 48.2 Å². The Balaban J connectivity index is 2.06. The lowest BCUT2D eigenvalue weighted by Crippen LogP contribution is -1.89. The molecule has 2 nitrogen and oxygen atoms in total. The molecule has 0 fully saturated rings. The second kappa shape index (κ2) is 4.88. The molecule has 0 spiro atoms. The molecule has 1 atom stereocenters. The van der Waals surface area contributed by atoms with Crippen LogP contribution >= 0.6 is 0 Å². The van der Waals surface area contributed by atoms with Crippen LogP contribution in [-0.2, 0) is 0 Å². The molecular formula is C17H18N2. The quantitative estimate of drug-likeness (QED) is 0.714. The predicted octanol–water partition coefficient (Wildman–Crippen LogP) is 4.74. The predicted molar refractivity (Wildman–Crippen MR) is 80.2 cm³/mol. The summed E-state index contributed by atoms with van der Waals surface area (Å²) in [4.78, 5) is 7.63. The molecule has 2 aromatic heterocycles. The van der Waals surface area contributed by atoms with Gasteiger partial charge >= 0.3 is 0 Å². The van der Waals surface area contributed by atoms with Crippen LogP contribution in [0.5, 0.6) is 0 Å². The maximum absolute atomic E-state index is 4.17. The zero-order chi connectivity index (χ0) is 13.2. The van der Waals surface area contributed by atoms with Gasteiger partial charge in [0.15, 0.2) is 0 Å². The zero-order valence-electron chi connectivity index (χ0n) is 11.4. The van der Waals surface area contributed by atoms with Gasteiger partial charge in [-0.25, -0.2) is 0 Å². The van der Waals surface area contributed by atoms with E-state index in [-0.39, 0.29) is 0 Å². The Labute approximate surface area is 113 Å². The Hall–Kier alpha value is -2.09. The van der Waals surface area contributed by atoms with Crippen molar-refractivity contribution < 1.29 is 0 Å². The molecule has 19 heavy (non-hydrogen) atoms. The maximum atomic E-state index is 4.17. The average Bonchev–Trinajstić information content (AvgIpc) is 2.90. The number of benzene rings is 1. The lowest BCUT2D eigenvalue weighted by atomic mass is 9.97. The second-order valence-corrected chi connectivity index (χ2v) is 5.08. The molecule has 0 aliphatic rings. The van der Waals surface area contributed by atoms with E-state index in [1.165, 1.54) is 22.9 Å². The number of aromatic amines is 1. The summed E-state index contributed by atoms with van der Waals surface area (Å²) in [7, 11) is 0. The number of rotatable bonds is 3. The number of pyridine rings is 1. The van der Waals surface area contributed by atoms with Gasteiger partial charge in [0.25, 0.3) is 0 Å². The molecular weight excluding hydrogens is 232 g/mol. The molecule has 96 valence electrons. The minimum atomic E-state index is 0.612. The van der Waals surface area contributed by atoms with Crippen molar-refractivity contribution in [2.75, 3.05) is 0 Å². The fourth-order valence-corrected chi connectivity index (χ4v) is 2.37. The second-order valence-electron chi connectivity index (χ2n) is 5.08. The highest BCUT2D eigenvalue weighted by Gasteiger charge is 2.07. The molecule has 3 rings (SSSR count). The monoisotopic (exact) mass is 250 g/mol. The molecule has 0 saturated heterocycles. The van der Waals surface area contributed by atoms with Gasteiger partial charge < -0.3 is 4.98 Å². The van der Waals surface area contributed by atoms with E-state index in [1.54, 1.807) is 6.20 Å². The highest BCUT2D eigenvalue weighted by Crippen LogP contribution is 2.27. The van der Waals surface area contributed by atoms with Gasteiger partial charge in [0.1, 0.15) is 0 Å². The molecule has 0 amide bonds. The minimum absolute atomic E-state index is 0.612. The van der Waals surface area contributed by atoms with Gasteiger partial charge in [-0.3, -0.25) is 4.98 Å². The van der Waals surface area contributed by atoms with Crippen LogP contribution in [0.2, 0.25) is 0 Å². The number of nitrogens with one attached hydrogen (secondary N) is 1. The van der Waals surface area contributed by atoms with E-state index in [0.717, 1.165) is 11.3 Å². The van der Waals surface area contributed by atoms with Crippen molar-refractivity contribution in [1.29, 1.82) is 0 Å². The van der Waals surface area contributed by atoms with E-state index in [1.807, 2.05) is 12.3 Å². The van der Waals surface area contributed by atoms with E-state index in [9.17, 15) is 0 Å². The highest BCUT2D eigenvalue weighted by atomic mass is 14.7. The number of nitrogens with zero attached hydrogens (tertiary/aromatic N) is 1. The summed E-state index contributed by atoms with van der Waals surface area (Å²) < 4.78 is 0. The molecule has 0 bridgehead atoms. The molecule has 1 N–H and O–H groups in total. The molecule has 2 heterocycles. The third-order valence-electron chi connectivity index (χ3n) is 3.80. The molecule has 0 aliphatic heterocycles. The summed E-state index contributed by atoms with van der Waals surface area (Å²) in [6.07, 6.45) is 4.86. The van der Waals surface area contributed by atoms with E-state index < -0.39 is 0 Å². The first-order chi connectivity index (χ1) is 9.28. The summed E-state index contributed by atoms with van der Waals surface area (Å²) in [6, 6.07) is 12.9. The average molecular weight is 250 g/mol. The van der Waals surface area contributed by atoms with Crippen molar-refractivity contribution in [2.45, 2.75) is 26.2 Å². The Morgan fingerprint density at radius 2 is 2.11 bits per heavy atom. The Morgan fingerprint density at radius 3 is 2.84 bits per heavy atom.